The average Bonchev–Trinajstić information content (AvgIpc) is 2.48. The molecule has 0 N–H and O–H groups in total. The van der Waals surface area contributed by atoms with Crippen molar-refractivity contribution in [2.45, 2.75) is 0 Å². The van der Waals surface area contributed by atoms with Gasteiger partial charge in [0.05, 0.1) is 23.7 Å². The largest absolute Gasteiger partial charge is 0.496 e. The number of hydrogen-bond donors (Lipinski definition) is 0. The Balaban J connectivity index is 2.29. The van der Waals surface area contributed by atoms with Crippen molar-refractivity contribution < 1.29 is 19.2 Å². The summed E-state index contributed by atoms with van der Waals surface area (Å²) in [6.07, 6.45) is 2.86. The number of nitrogens with zero attached hydrogens (tertiary/aromatic N) is 2. The van der Waals surface area contributed by atoms with Gasteiger partial charge < -0.3 is 9.47 Å². The van der Waals surface area contributed by atoms with Crippen molar-refractivity contribution in [3.8, 4) is 11.5 Å². The number of rotatable bonds is 4. The monoisotopic (exact) mass is 274 g/mol. The molecule has 20 heavy (non-hydrogen) atoms. The Hall–Kier alpha value is -2.96. The Morgan fingerprint density at radius 1 is 1.25 bits per heavy atom. The zero-order valence-electron chi connectivity index (χ0n) is 10.5. The molecule has 2 aromatic rings. The van der Waals surface area contributed by atoms with E-state index >= 15 is 0 Å². The second-order valence-electron chi connectivity index (χ2n) is 3.72. The lowest BCUT2D eigenvalue weighted by Crippen LogP contribution is -2.09. The molecule has 7 heteroatoms. The summed E-state index contributed by atoms with van der Waals surface area (Å²) >= 11 is 0. The minimum atomic E-state index is -0.694. The molecule has 0 amide bonds. The second kappa shape index (κ2) is 5.79. The van der Waals surface area contributed by atoms with Crippen LogP contribution in [0.5, 0.6) is 11.5 Å². The van der Waals surface area contributed by atoms with E-state index in [1.54, 1.807) is 0 Å². The summed E-state index contributed by atoms with van der Waals surface area (Å²) in [7, 11) is 1.39. The lowest BCUT2D eigenvalue weighted by molar-refractivity contribution is -0.385. The highest BCUT2D eigenvalue weighted by atomic mass is 16.6. The van der Waals surface area contributed by atoms with Gasteiger partial charge in [0, 0.05) is 12.4 Å². The first-order valence-corrected chi connectivity index (χ1v) is 5.56. The van der Waals surface area contributed by atoms with Gasteiger partial charge in [-0.05, 0) is 24.3 Å². The van der Waals surface area contributed by atoms with Gasteiger partial charge in [-0.1, -0.05) is 0 Å². The minimum absolute atomic E-state index is 0.141. The van der Waals surface area contributed by atoms with Gasteiger partial charge in [-0.3, -0.25) is 15.1 Å². The number of carbonyl (C=O) groups excluding carboxylic acids is 1. The molecule has 0 atom stereocenters. The zero-order valence-corrected chi connectivity index (χ0v) is 10.5. The molecule has 0 saturated heterocycles. The molecule has 0 aliphatic carbocycles. The Kier molecular flexibility index (Phi) is 3.90. The van der Waals surface area contributed by atoms with Crippen LogP contribution in [-0.4, -0.2) is 23.0 Å². The van der Waals surface area contributed by atoms with Crippen LogP contribution in [0.4, 0.5) is 5.69 Å². The molecule has 0 aliphatic rings. The van der Waals surface area contributed by atoms with Crippen molar-refractivity contribution in [1.82, 2.24) is 4.98 Å². The van der Waals surface area contributed by atoms with Crippen LogP contribution in [0.3, 0.4) is 0 Å². The van der Waals surface area contributed by atoms with Gasteiger partial charge in [0.1, 0.15) is 5.75 Å². The van der Waals surface area contributed by atoms with Crippen molar-refractivity contribution in [2.24, 2.45) is 0 Å². The van der Waals surface area contributed by atoms with E-state index in [-0.39, 0.29) is 17.0 Å². The molecule has 0 radical (unpaired) electrons. The lowest BCUT2D eigenvalue weighted by atomic mass is 10.2. The predicted molar refractivity (Wildman–Crippen MR) is 68.8 cm³/mol. The number of nitro benzene ring substituents is 1. The Morgan fingerprint density at radius 3 is 2.55 bits per heavy atom. The molecular weight excluding hydrogens is 264 g/mol. The summed E-state index contributed by atoms with van der Waals surface area (Å²) in [4.78, 5) is 25.9. The number of pyridine rings is 1. The number of ether oxygens (including phenoxy) is 2. The highest BCUT2D eigenvalue weighted by Crippen LogP contribution is 2.31. The Labute approximate surface area is 113 Å². The number of aromatic nitrogens is 1. The fourth-order valence-corrected chi connectivity index (χ4v) is 1.50. The molecule has 0 bridgehead atoms. The molecule has 0 aliphatic heterocycles. The van der Waals surface area contributed by atoms with Crippen molar-refractivity contribution in [3.05, 3.63) is 58.4 Å². The van der Waals surface area contributed by atoms with Gasteiger partial charge in [-0.25, -0.2) is 4.79 Å². The third kappa shape index (κ3) is 2.89. The van der Waals surface area contributed by atoms with Crippen LogP contribution in [0, 0.1) is 10.1 Å². The third-order valence-electron chi connectivity index (χ3n) is 2.48. The molecule has 0 spiro atoms. The number of nitro groups is 1. The van der Waals surface area contributed by atoms with E-state index in [2.05, 4.69) is 4.98 Å². The van der Waals surface area contributed by atoms with E-state index in [0.29, 0.717) is 5.75 Å². The highest BCUT2D eigenvalue weighted by molar-refractivity contribution is 5.91. The van der Waals surface area contributed by atoms with Crippen LogP contribution in [0.1, 0.15) is 10.4 Å². The van der Waals surface area contributed by atoms with Gasteiger partial charge in [0.25, 0.3) is 0 Å². The van der Waals surface area contributed by atoms with Crippen LogP contribution >= 0.6 is 0 Å². The second-order valence-corrected chi connectivity index (χ2v) is 3.72. The van der Waals surface area contributed by atoms with Gasteiger partial charge in [0.15, 0.2) is 0 Å². The molecule has 102 valence electrons. The van der Waals surface area contributed by atoms with E-state index in [4.69, 9.17) is 9.47 Å². The van der Waals surface area contributed by atoms with Crippen LogP contribution in [0.15, 0.2) is 42.7 Å². The number of esters is 1. The summed E-state index contributed by atoms with van der Waals surface area (Å²) < 4.78 is 9.92. The summed E-state index contributed by atoms with van der Waals surface area (Å²) in [5.74, 6) is -0.529. The molecule has 7 nitrogen and oxygen atoms in total. The fraction of sp³-hybridized carbons (Fsp3) is 0.0769. The van der Waals surface area contributed by atoms with Gasteiger partial charge in [-0.15, -0.1) is 0 Å². The maximum Gasteiger partial charge on any atom is 0.343 e. The van der Waals surface area contributed by atoms with E-state index in [9.17, 15) is 14.9 Å². The molecule has 0 saturated carbocycles. The van der Waals surface area contributed by atoms with E-state index in [1.807, 2.05) is 0 Å². The molecule has 1 heterocycles. The van der Waals surface area contributed by atoms with E-state index in [0.717, 1.165) is 0 Å². The van der Waals surface area contributed by atoms with Gasteiger partial charge in [0.2, 0.25) is 5.75 Å². The van der Waals surface area contributed by atoms with Gasteiger partial charge in [-0.2, -0.15) is 0 Å². The summed E-state index contributed by atoms with van der Waals surface area (Å²) in [6, 6.07) is 6.89. The van der Waals surface area contributed by atoms with E-state index in [1.165, 1.54) is 49.8 Å². The Bertz CT molecular complexity index is 642. The molecule has 0 unspecified atom stereocenters. The van der Waals surface area contributed by atoms with E-state index < -0.39 is 10.9 Å². The predicted octanol–water partition coefficient (Wildman–Crippen LogP) is 2.22. The van der Waals surface area contributed by atoms with Crippen molar-refractivity contribution in [2.75, 3.05) is 7.11 Å². The number of hydrogen-bond acceptors (Lipinski definition) is 6. The van der Waals surface area contributed by atoms with Crippen molar-refractivity contribution >= 4 is 11.7 Å². The first-order chi connectivity index (χ1) is 9.61. The number of methoxy groups -OCH3 is 1. The number of benzene rings is 1. The van der Waals surface area contributed by atoms with Gasteiger partial charge >= 0.3 is 11.7 Å². The first-order valence-electron chi connectivity index (χ1n) is 5.56. The summed E-state index contributed by atoms with van der Waals surface area (Å²) in [6.45, 7) is 0. The summed E-state index contributed by atoms with van der Waals surface area (Å²) in [5.41, 5.74) is -0.0862. The van der Waals surface area contributed by atoms with Crippen LogP contribution in [0.2, 0.25) is 0 Å². The maximum atomic E-state index is 11.8. The topological polar surface area (TPSA) is 91.6 Å². The first kappa shape index (κ1) is 13.5. The number of carbonyl (C=O) groups is 1. The third-order valence-corrected chi connectivity index (χ3v) is 2.48. The van der Waals surface area contributed by atoms with Crippen LogP contribution in [-0.2, 0) is 0 Å². The SMILES string of the molecule is COc1ccc(OC(=O)c2ccncc2)c([N+](=O)[O-])c1. The van der Waals surface area contributed by atoms with Crippen molar-refractivity contribution in [1.29, 1.82) is 0 Å². The average molecular weight is 274 g/mol. The normalized spacial score (nSPS) is 9.85. The highest BCUT2D eigenvalue weighted by Gasteiger charge is 2.20. The van der Waals surface area contributed by atoms with Crippen LogP contribution in [0.25, 0.3) is 0 Å². The Morgan fingerprint density at radius 2 is 1.95 bits per heavy atom. The summed E-state index contributed by atoms with van der Waals surface area (Å²) in [5, 5.41) is 11.0. The lowest BCUT2D eigenvalue weighted by Gasteiger charge is -2.06. The minimum Gasteiger partial charge on any atom is -0.496 e. The standard InChI is InChI=1S/C13H10N2O5/c1-19-10-2-3-12(11(8-10)15(17)18)20-13(16)9-4-6-14-7-5-9/h2-8H,1H3. The maximum absolute atomic E-state index is 11.8. The van der Waals surface area contributed by atoms with Crippen LogP contribution < -0.4 is 9.47 Å². The molecular formula is C13H10N2O5. The zero-order chi connectivity index (χ0) is 14.5. The molecule has 0 fully saturated rings. The van der Waals surface area contributed by atoms with Crippen molar-refractivity contribution in [3.63, 3.8) is 0 Å². The molecule has 1 aromatic heterocycles. The molecule has 2 rings (SSSR count). The molecule has 1 aromatic carbocycles. The quantitative estimate of drug-likeness (QED) is 0.367. The fourth-order valence-electron chi connectivity index (χ4n) is 1.50. The smallest absolute Gasteiger partial charge is 0.343 e.